The van der Waals surface area contributed by atoms with Crippen molar-refractivity contribution in [3.63, 3.8) is 0 Å². The van der Waals surface area contributed by atoms with Gasteiger partial charge in [0.25, 0.3) is 0 Å². The van der Waals surface area contributed by atoms with Gasteiger partial charge in [0.2, 0.25) is 5.91 Å². The zero-order valence-electron chi connectivity index (χ0n) is 10.1. The number of hydrazone groups is 1. The maximum absolute atomic E-state index is 11.3. The Morgan fingerprint density at radius 3 is 3.12 bits per heavy atom. The summed E-state index contributed by atoms with van der Waals surface area (Å²) in [5.41, 5.74) is 4.61. The van der Waals surface area contributed by atoms with E-state index >= 15 is 0 Å². The minimum absolute atomic E-state index is 0.0633. The van der Waals surface area contributed by atoms with Crippen molar-refractivity contribution in [2.45, 2.75) is 26.8 Å². The molecule has 0 bridgehead atoms. The quantitative estimate of drug-likeness (QED) is 0.845. The molecule has 1 aliphatic carbocycles. The predicted octanol–water partition coefficient (Wildman–Crippen LogP) is 1.01. The van der Waals surface area contributed by atoms with Gasteiger partial charge < -0.3 is 0 Å². The molecule has 1 aromatic rings. The zero-order chi connectivity index (χ0) is 12.0. The Kier molecular flexibility index (Phi) is 2.28. The number of carbonyl (C=O) groups is 1. The van der Waals surface area contributed by atoms with E-state index in [1.54, 1.807) is 0 Å². The molecule has 5 heteroatoms. The second kappa shape index (κ2) is 3.68. The highest BCUT2D eigenvalue weighted by atomic mass is 16.2. The lowest BCUT2D eigenvalue weighted by Crippen LogP contribution is -2.28. The first-order valence-electron chi connectivity index (χ1n) is 6.05. The van der Waals surface area contributed by atoms with E-state index in [4.69, 9.17) is 0 Å². The van der Waals surface area contributed by atoms with Gasteiger partial charge in [-0.15, -0.1) is 0 Å². The predicted molar refractivity (Wildman–Crippen MR) is 63.3 cm³/mol. The van der Waals surface area contributed by atoms with Gasteiger partial charge in [-0.05, 0) is 12.3 Å². The molecule has 5 nitrogen and oxygen atoms in total. The summed E-state index contributed by atoms with van der Waals surface area (Å²) in [6.07, 6.45) is 4.79. The van der Waals surface area contributed by atoms with E-state index in [0.717, 1.165) is 24.2 Å². The zero-order valence-corrected chi connectivity index (χ0v) is 10.1. The van der Waals surface area contributed by atoms with E-state index in [1.807, 2.05) is 17.1 Å². The molecule has 2 heterocycles. The minimum atomic E-state index is 0.0633. The number of fused-ring (bicyclic) bond motifs is 1. The van der Waals surface area contributed by atoms with Crippen LogP contribution in [0.1, 0.15) is 25.8 Å². The highest BCUT2D eigenvalue weighted by Crippen LogP contribution is 2.43. The second-order valence-corrected chi connectivity index (χ2v) is 5.27. The van der Waals surface area contributed by atoms with Gasteiger partial charge in [0, 0.05) is 30.1 Å². The Labute approximate surface area is 99.9 Å². The fourth-order valence-corrected chi connectivity index (χ4v) is 2.32. The van der Waals surface area contributed by atoms with E-state index in [-0.39, 0.29) is 11.8 Å². The molecule has 0 unspecified atom stereocenters. The van der Waals surface area contributed by atoms with Crippen molar-refractivity contribution in [2.75, 3.05) is 0 Å². The molecular formula is C12H16N4O. The molecule has 1 N–H and O–H groups in total. The lowest BCUT2D eigenvalue weighted by Gasteiger charge is -2.09. The Balaban J connectivity index is 1.81. The minimum Gasteiger partial charge on any atom is -0.273 e. The molecule has 1 aliphatic heterocycles. The lowest BCUT2D eigenvalue weighted by molar-refractivity contribution is -0.122. The van der Waals surface area contributed by atoms with Crippen LogP contribution in [0.15, 0.2) is 17.5 Å². The van der Waals surface area contributed by atoms with Crippen LogP contribution < -0.4 is 5.43 Å². The summed E-state index contributed by atoms with van der Waals surface area (Å²) in [5.74, 6) is 1.11. The SMILES string of the molecule is CC(C)Cn1cc(C2=NNC(=O)[C@@H]3C[C@@H]23)cn1. The fraction of sp³-hybridized carbons (Fsp3) is 0.583. The average Bonchev–Trinajstić information content (AvgIpc) is 2.95. The van der Waals surface area contributed by atoms with Crippen LogP contribution in [0, 0.1) is 17.8 Å². The van der Waals surface area contributed by atoms with Crippen molar-refractivity contribution in [2.24, 2.45) is 22.9 Å². The van der Waals surface area contributed by atoms with E-state index < -0.39 is 0 Å². The number of nitrogens with one attached hydrogen (secondary N) is 1. The lowest BCUT2D eigenvalue weighted by atomic mass is 10.1. The van der Waals surface area contributed by atoms with Gasteiger partial charge in [0.1, 0.15) is 0 Å². The summed E-state index contributed by atoms with van der Waals surface area (Å²) in [7, 11) is 0. The monoisotopic (exact) mass is 232 g/mol. The first-order chi connectivity index (χ1) is 8.15. The van der Waals surface area contributed by atoms with Crippen LogP contribution in [-0.4, -0.2) is 21.4 Å². The molecule has 17 heavy (non-hydrogen) atoms. The Morgan fingerprint density at radius 2 is 2.35 bits per heavy atom. The van der Waals surface area contributed by atoms with Gasteiger partial charge in [0.05, 0.1) is 11.9 Å². The van der Waals surface area contributed by atoms with Crippen molar-refractivity contribution in [3.8, 4) is 0 Å². The van der Waals surface area contributed by atoms with Gasteiger partial charge in [-0.3, -0.25) is 9.48 Å². The Bertz CT molecular complexity index is 488. The summed E-state index contributed by atoms with van der Waals surface area (Å²) in [6.45, 7) is 5.24. The van der Waals surface area contributed by atoms with Gasteiger partial charge in [-0.2, -0.15) is 10.2 Å². The van der Waals surface area contributed by atoms with E-state index in [2.05, 4.69) is 29.5 Å². The maximum Gasteiger partial charge on any atom is 0.243 e. The van der Waals surface area contributed by atoms with Crippen molar-refractivity contribution in [3.05, 3.63) is 18.0 Å². The summed E-state index contributed by atoms with van der Waals surface area (Å²) >= 11 is 0. The number of carbonyl (C=O) groups excluding carboxylic acids is 1. The number of aromatic nitrogens is 2. The summed E-state index contributed by atoms with van der Waals surface area (Å²) in [4.78, 5) is 11.3. The first-order valence-corrected chi connectivity index (χ1v) is 6.05. The van der Waals surface area contributed by atoms with Crippen LogP contribution in [-0.2, 0) is 11.3 Å². The van der Waals surface area contributed by atoms with Crippen LogP contribution in [0.2, 0.25) is 0 Å². The van der Waals surface area contributed by atoms with Crippen molar-refractivity contribution >= 4 is 11.6 Å². The third-order valence-electron chi connectivity index (χ3n) is 3.25. The summed E-state index contributed by atoms with van der Waals surface area (Å²) in [5, 5.41) is 8.49. The highest BCUT2D eigenvalue weighted by molar-refractivity contribution is 6.09. The van der Waals surface area contributed by atoms with Crippen LogP contribution >= 0.6 is 0 Å². The summed E-state index contributed by atoms with van der Waals surface area (Å²) < 4.78 is 1.94. The first kappa shape index (κ1) is 10.5. The van der Waals surface area contributed by atoms with Gasteiger partial charge in [-0.25, -0.2) is 5.43 Å². The number of rotatable bonds is 3. The molecule has 0 saturated heterocycles. The van der Waals surface area contributed by atoms with Gasteiger partial charge in [-0.1, -0.05) is 13.8 Å². The van der Waals surface area contributed by atoms with Crippen molar-refractivity contribution < 1.29 is 4.79 Å². The molecule has 0 aromatic carbocycles. The molecule has 1 aromatic heterocycles. The Hall–Kier alpha value is -1.65. The normalized spacial score (nSPS) is 26.5. The topological polar surface area (TPSA) is 59.3 Å². The molecule has 0 radical (unpaired) electrons. The van der Waals surface area contributed by atoms with Crippen LogP contribution in [0.25, 0.3) is 0 Å². The van der Waals surface area contributed by atoms with Crippen LogP contribution in [0.3, 0.4) is 0 Å². The third kappa shape index (κ3) is 1.85. The van der Waals surface area contributed by atoms with Gasteiger partial charge in [0.15, 0.2) is 0 Å². The standard InChI is InChI=1S/C12H16N4O/c1-7(2)5-16-6-8(4-13-16)11-9-3-10(9)12(17)15-14-11/h4,6-7,9-10H,3,5H2,1-2H3,(H,15,17)/t9-,10-/m1/s1. The average molecular weight is 232 g/mol. The molecule has 1 amide bonds. The van der Waals surface area contributed by atoms with E-state index in [1.165, 1.54) is 0 Å². The van der Waals surface area contributed by atoms with E-state index in [0.29, 0.717) is 11.8 Å². The van der Waals surface area contributed by atoms with Crippen molar-refractivity contribution in [1.29, 1.82) is 0 Å². The van der Waals surface area contributed by atoms with Gasteiger partial charge >= 0.3 is 0 Å². The fourth-order valence-electron chi connectivity index (χ4n) is 2.32. The largest absolute Gasteiger partial charge is 0.273 e. The second-order valence-electron chi connectivity index (χ2n) is 5.27. The molecule has 2 aliphatic rings. The number of hydrogen-bond acceptors (Lipinski definition) is 3. The number of amides is 1. The smallest absolute Gasteiger partial charge is 0.243 e. The third-order valence-corrected chi connectivity index (χ3v) is 3.25. The highest BCUT2D eigenvalue weighted by Gasteiger charge is 2.49. The van der Waals surface area contributed by atoms with Crippen molar-refractivity contribution in [1.82, 2.24) is 15.2 Å². The molecule has 3 rings (SSSR count). The summed E-state index contributed by atoms with van der Waals surface area (Å²) in [6, 6.07) is 0. The Morgan fingerprint density at radius 1 is 1.53 bits per heavy atom. The molecule has 1 saturated carbocycles. The molecule has 0 spiro atoms. The maximum atomic E-state index is 11.3. The number of nitrogens with zero attached hydrogens (tertiary/aromatic N) is 3. The number of hydrogen-bond donors (Lipinski definition) is 1. The molecular weight excluding hydrogens is 216 g/mol. The molecule has 1 fully saturated rings. The van der Waals surface area contributed by atoms with Crippen LogP contribution in [0.5, 0.6) is 0 Å². The van der Waals surface area contributed by atoms with Crippen LogP contribution in [0.4, 0.5) is 0 Å². The molecule has 90 valence electrons. The molecule has 2 atom stereocenters. The van der Waals surface area contributed by atoms with E-state index in [9.17, 15) is 4.79 Å².